The molecule has 198 valence electrons. The Morgan fingerprint density at radius 1 is 0.633 bits per heavy atom. The summed E-state index contributed by atoms with van der Waals surface area (Å²) in [6, 6.07) is 0.792. The van der Waals surface area contributed by atoms with Gasteiger partial charge < -0.3 is 14.4 Å². The Kier molecular flexibility index (Phi) is 170. The second kappa shape index (κ2) is 89.1. The molecule has 0 unspecified atom stereocenters. The van der Waals surface area contributed by atoms with E-state index < -0.39 is 49.6 Å². The maximum atomic E-state index is 10.8. The van der Waals surface area contributed by atoms with Gasteiger partial charge in [0, 0.05) is 10.2 Å². The summed E-state index contributed by atoms with van der Waals surface area (Å²) in [6.45, 7) is -5.63. The molecule has 0 aliphatic carbocycles. The standard InChI is InChI=1S/C2H2F4.C2H7FSi.C2H8OSi.4CH2F2.2H4OSi/c3-1-2(4,5)6;3-1-2-4;1-4(2)3;4*2-1-3;2*1-2/h1H2;1-2H2,4H3;3-4H,1-2H3;4*1H2;2*1H,2H3. The van der Waals surface area contributed by atoms with Crippen molar-refractivity contribution in [1.82, 2.24) is 0 Å². The molecule has 0 bridgehead atoms. The molecule has 0 fully saturated rings. The second-order valence-corrected chi connectivity index (χ2v) is 6.12. The van der Waals surface area contributed by atoms with Crippen LogP contribution in [0.5, 0.6) is 0 Å². The van der Waals surface area contributed by atoms with Crippen molar-refractivity contribution >= 4 is 40.3 Å². The summed E-state index contributed by atoms with van der Waals surface area (Å²) in [6.07, 6.45) is -4.62. The van der Waals surface area contributed by atoms with Crippen molar-refractivity contribution in [2.45, 2.75) is 25.3 Å². The lowest BCUT2D eigenvalue weighted by molar-refractivity contribution is -0.142. The van der Waals surface area contributed by atoms with Crippen LogP contribution in [-0.2, 0) is 0 Å². The summed E-state index contributed by atoms with van der Waals surface area (Å²) >= 11 is 0. The van der Waals surface area contributed by atoms with Gasteiger partial charge in [-0.1, -0.05) is 0 Å². The van der Waals surface area contributed by atoms with Gasteiger partial charge in [0.05, 0.1) is 6.67 Å². The first kappa shape index (κ1) is 57.1. The second-order valence-electron chi connectivity index (χ2n) is 2.94. The number of alkyl halides is 13. The summed E-state index contributed by atoms with van der Waals surface area (Å²) < 4.78 is 129. The summed E-state index contributed by atoms with van der Waals surface area (Å²) in [7, 11) is 0.487. The largest absolute Gasteiger partial charge is 0.442 e. The highest BCUT2D eigenvalue weighted by Gasteiger charge is 2.26. The predicted octanol–water partition coefficient (Wildman–Crippen LogP) is 1.27. The van der Waals surface area contributed by atoms with E-state index in [0.29, 0.717) is 21.0 Å². The minimum atomic E-state index is -4.62. The molecule has 0 aliphatic rings. The third-order valence-corrected chi connectivity index (χ3v) is 0.718. The molecular formula is C10H33F13O3Si4. The number of hydrogen-bond acceptors (Lipinski definition) is 3. The molecule has 3 nitrogen and oxygen atoms in total. The summed E-state index contributed by atoms with van der Waals surface area (Å²) in [5.41, 5.74) is 0. The van der Waals surface area contributed by atoms with Gasteiger partial charge in [-0.3, -0.25) is 4.39 Å². The fourth-order valence-electron chi connectivity index (χ4n) is 0. The van der Waals surface area contributed by atoms with Crippen LogP contribution in [0.3, 0.4) is 0 Å². The zero-order valence-electron chi connectivity index (χ0n) is 17.3. The first-order valence-electron chi connectivity index (χ1n) is 7.11. The van der Waals surface area contributed by atoms with Gasteiger partial charge in [0.25, 0.3) is 0 Å². The highest BCUT2D eigenvalue weighted by Crippen LogP contribution is 2.13. The van der Waals surface area contributed by atoms with Crippen molar-refractivity contribution < 1.29 is 71.5 Å². The Bertz CT molecular complexity index is 157. The van der Waals surface area contributed by atoms with E-state index in [1.807, 2.05) is 13.1 Å². The zero-order valence-corrected chi connectivity index (χ0v) is 24.4. The van der Waals surface area contributed by atoms with Gasteiger partial charge in [0.1, 0.15) is 21.0 Å². The molecule has 20 heteroatoms. The van der Waals surface area contributed by atoms with Crippen LogP contribution in [0.4, 0.5) is 57.1 Å². The minimum Gasteiger partial charge on any atom is -0.442 e. The molecule has 0 spiro atoms. The van der Waals surface area contributed by atoms with Crippen LogP contribution in [-0.4, -0.2) is 102 Å². The lowest BCUT2D eigenvalue weighted by atomic mass is 10.8. The minimum absolute atomic E-state index is 0.119. The lowest BCUT2D eigenvalue weighted by Gasteiger charge is -1.93. The molecule has 0 amide bonds. The average Bonchev–Trinajstić information content (AvgIpc) is 2.67. The molecule has 0 saturated carbocycles. The molecule has 0 aliphatic heterocycles. The third kappa shape index (κ3) is 1360. The van der Waals surface area contributed by atoms with Crippen LogP contribution >= 0.6 is 0 Å². The fourth-order valence-corrected chi connectivity index (χ4v) is 0. The summed E-state index contributed by atoms with van der Waals surface area (Å²) in [5.74, 6) is 0. The molecule has 0 aromatic rings. The van der Waals surface area contributed by atoms with Crippen LogP contribution in [0.15, 0.2) is 0 Å². The highest BCUT2D eigenvalue weighted by atomic mass is 28.3. The van der Waals surface area contributed by atoms with Gasteiger partial charge in [-0.05, 0) is 19.1 Å². The molecule has 0 rings (SSSR count). The van der Waals surface area contributed by atoms with Gasteiger partial charge in [-0.2, -0.15) is 13.2 Å². The van der Waals surface area contributed by atoms with E-state index in [-0.39, 0.29) is 6.67 Å². The monoisotopic (exact) mass is 560 g/mol. The third-order valence-electron chi connectivity index (χ3n) is 0.341. The quantitative estimate of drug-likeness (QED) is 0.335. The summed E-state index contributed by atoms with van der Waals surface area (Å²) in [5, 5.41) is 0. The van der Waals surface area contributed by atoms with Gasteiger partial charge in [-0.25, -0.2) is 39.5 Å². The molecule has 0 saturated heterocycles. The van der Waals surface area contributed by atoms with Crippen LogP contribution in [0.2, 0.25) is 19.1 Å². The van der Waals surface area contributed by atoms with E-state index in [1.165, 1.54) is 0 Å². The fraction of sp³-hybridized carbons (Fsp3) is 1.00. The normalized spacial score (nSPS) is 7.70. The van der Waals surface area contributed by atoms with Crippen LogP contribution in [0.25, 0.3) is 0 Å². The van der Waals surface area contributed by atoms with Crippen molar-refractivity contribution in [1.29, 1.82) is 0 Å². The van der Waals surface area contributed by atoms with Crippen molar-refractivity contribution in [3.8, 4) is 0 Å². The smallest absolute Gasteiger partial charge is 0.416 e. The van der Waals surface area contributed by atoms with Crippen molar-refractivity contribution in [2.24, 2.45) is 0 Å². The first-order chi connectivity index (χ1) is 13.9. The van der Waals surface area contributed by atoms with E-state index in [4.69, 9.17) is 14.4 Å². The van der Waals surface area contributed by atoms with Crippen molar-refractivity contribution in [3.63, 3.8) is 0 Å². The molecule has 30 heavy (non-hydrogen) atoms. The topological polar surface area (TPSA) is 60.7 Å². The Labute approximate surface area is 178 Å². The van der Waals surface area contributed by atoms with Crippen LogP contribution < -0.4 is 0 Å². The predicted molar refractivity (Wildman–Crippen MR) is 106 cm³/mol. The van der Waals surface area contributed by atoms with Gasteiger partial charge in [-0.15, -0.1) is 0 Å². The van der Waals surface area contributed by atoms with Gasteiger partial charge in [0.15, 0.2) is 15.7 Å². The maximum Gasteiger partial charge on any atom is 0.416 e. The van der Waals surface area contributed by atoms with Crippen LogP contribution in [0.1, 0.15) is 0 Å². The Morgan fingerprint density at radius 2 is 0.700 bits per heavy atom. The SMILES string of the molecule is C[SiH](C)O.FCC(F)(F)F.FCC[SiH3].FCF.FCF.FCF.FCF.O[SiH3].O[SiH3]. The highest BCUT2D eigenvalue weighted by molar-refractivity contribution is 6.46. The van der Waals surface area contributed by atoms with E-state index >= 15 is 0 Å². The van der Waals surface area contributed by atoms with Gasteiger partial charge in [0.2, 0.25) is 27.7 Å². The van der Waals surface area contributed by atoms with E-state index in [1.54, 1.807) is 0 Å². The Morgan fingerprint density at radius 3 is 0.700 bits per heavy atom. The van der Waals surface area contributed by atoms with E-state index in [2.05, 4.69) is 0 Å². The Hall–Kier alpha value is -0.162. The van der Waals surface area contributed by atoms with Crippen LogP contribution in [0, 0.1) is 0 Å². The molecule has 0 radical (unpaired) electrons. The van der Waals surface area contributed by atoms with Gasteiger partial charge >= 0.3 is 6.18 Å². The maximum absolute atomic E-state index is 10.8. The molecule has 3 N–H and O–H groups in total. The molecule has 0 atom stereocenters. The number of hydrogen-bond donors (Lipinski definition) is 3. The first-order valence-corrected chi connectivity index (χ1v) is 13.1. The number of rotatable bonds is 1. The van der Waals surface area contributed by atoms with E-state index in [0.717, 1.165) is 16.3 Å². The lowest BCUT2D eigenvalue weighted by Crippen LogP contribution is -2.08. The summed E-state index contributed by atoms with van der Waals surface area (Å²) in [4.78, 5) is 22.5. The molecule has 0 aromatic heterocycles. The molecule has 0 heterocycles. The van der Waals surface area contributed by atoms with Crippen molar-refractivity contribution in [3.05, 3.63) is 0 Å². The zero-order chi connectivity index (χ0) is 27.0. The molecule has 0 aromatic carbocycles. The molecular weight excluding hydrogens is 527 g/mol. The number of halogens is 13. The van der Waals surface area contributed by atoms with Crippen molar-refractivity contribution in [2.75, 3.05) is 41.1 Å². The average molecular weight is 561 g/mol. The van der Waals surface area contributed by atoms with E-state index in [9.17, 15) is 57.1 Å². The Balaban J connectivity index is -0.0000000242.